The minimum absolute atomic E-state index is 0.111. The quantitative estimate of drug-likeness (QED) is 0.865. The summed E-state index contributed by atoms with van der Waals surface area (Å²) in [6, 6.07) is 0. The molecule has 0 radical (unpaired) electrons. The molecular weight excluding hydrogens is 272 g/mol. The number of hydrogen-bond acceptors (Lipinski definition) is 6. The minimum atomic E-state index is -1.02. The van der Waals surface area contributed by atoms with Crippen molar-refractivity contribution in [2.75, 3.05) is 5.32 Å². The van der Waals surface area contributed by atoms with E-state index in [2.05, 4.69) is 30.0 Å². The van der Waals surface area contributed by atoms with Crippen molar-refractivity contribution in [1.29, 1.82) is 0 Å². The molecule has 0 fully saturated rings. The highest BCUT2D eigenvalue weighted by Gasteiger charge is 2.16. The maximum Gasteiger partial charge on any atom is 0.339 e. The Morgan fingerprint density at radius 3 is 3.05 bits per heavy atom. The molecule has 2 N–H and O–H groups in total. The van der Waals surface area contributed by atoms with Gasteiger partial charge in [-0.05, 0) is 19.8 Å². The topological polar surface area (TPSA) is 106 Å². The lowest BCUT2D eigenvalue weighted by atomic mass is 10.2. The fraction of sp³-hybridized carbons (Fsp3) is 0.462. The first-order chi connectivity index (χ1) is 10.1. The van der Waals surface area contributed by atoms with E-state index in [0.29, 0.717) is 18.2 Å². The molecule has 1 aliphatic rings. The fourth-order valence-corrected chi connectivity index (χ4v) is 2.42. The number of anilines is 1. The molecule has 0 bridgehead atoms. The number of hydrogen-bond donors (Lipinski definition) is 2. The van der Waals surface area contributed by atoms with E-state index in [0.717, 1.165) is 37.5 Å². The van der Waals surface area contributed by atoms with Crippen LogP contribution in [0.15, 0.2) is 6.20 Å². The third-order valence-electron chi connectivity index (χ3n) is 3.55. The van der Waals surface area contributed by atoms with Gasteiger partial charge in [0.25, 0.3) is 0 Å². The number of aryl methyl sites for hydroxylation is 2. The average molecular weight is 288 g/mol. The van der Waals surface area contributed by atoms with Crippen LogP contribution in [0.1, 0.15) is 40.5 Å². The maximum atomic E-state index is 10.9. The number of aromatic nitrogens is 5. The van der Waals surface area contributed by atoms with E-state index in [1.165, 1.54) is 6.20 Å². The second-order valence-electron chi connectivity index (χ2n) is 4.99. The van der Waals surface area contributed by atoms with Crippen molar-refractivity contribution in [1.82, 2.24) is 24.7 Å². The lowest BCUT2D eigenvalue weighted by Crippen LogP contribution is -2.16. The van der Waals surface area contributed by atoms with Gasteiger partial charge in [-0.3, -0.25) is 0 Å². The van der Waals surface area contributed by atoms with E-state index >= 15 is 0 Å². The van der Waals surface area contributed by atoms with Crippen molar-refractivity contribution in [2.24, 2.45) is 0 Å². The van der Waals surface area contributed by atoms with E-state index in [-0.39, 0.29) is 5.56 Å². The van der Waals surface area contributed by atoms with Crippen molar-refractivity contribution in [2.45, 2.75) is 39.3 Å². The molecule has 110 valence electrons. The van der Waals surface area contributed by atoms with Crippen LogP contribution in [0.25, 0.3) is 0 Å². The summed E-state index contributed by atoms with van der Waals surface area (Å²) in [5, 5.41) is 20.4. The number of carboxylic acids is 1. The minimum Gasteiger partial charge on any atom is -0.478 e. The Morgan fingerprint density at radius 2 is 2.29 bits per heavy atom. The van der Waals surface area contributed by atoms with Gasteiger partial charge in [0.05, 0.1) is 17.8 Å². The number of aromatic carboxylic acids is 1. The van der Waals surface area contributed by atoms with Gasteiger partial charge in [-0.2, -0.15) is 0 Å². The molecule has 8 nitrogen and oxygen atoms in total. The predicted molar refractivity (Wildman–Crippen MR) is 74.0 cm³/mol. The number of nitrogens with zero attached hydrogens (tertiary/aromatic N) is 5. The summed E-state index contributed by atoms with van der Waals surface area (Å²) >= 11 is 0. The molecule has 0 unspecified atom stereocenters. The Hall–Kier alpha value is -2.51. The molecule has 8 heteroatoms. The average Bonchev–Trinajstić information content (AvgIpc) is 2.88. The molecule has 3 heterocycles. The van der Waals surface area contributed by atoms with Crippen LogP contribution >= 0.6 is 0 Å². The van der Waals surface area contributed by atoms with Crippen LogP contribution in [0.5, 0.6) is 0 Å². The number of carboxylic acid groups (broad SMARTS) is 1. The van der Waals surface area contributed by atoms with Crippen molar-refractivity contribution in [3.8, 4) is 0 Å². The van der Waals surface area contributed by atoms with Crippen LogP contribution in [0.4, 0.5) is 5.95 Å². The zero-order valence-corrected chi connectivity index (χ0v) is 11.7. The summed E-state index contributed by atoms with van der Waals surface area (Å²) in [7, 11) is 0. The van der Waals surface area contributed by atoms with E-state index in [9.17, 15) is 4.79 Å². The third kappa shape index (κ3) is 2.69. The van der Waals surface area contributed by atoms with Crippen molar-refractivity contribution < 1.29 is 9.90 Å². The summed E-state index contributed by atoms with van der Waals surface area (Å²) in [5.41, 5.74) is 0.545. The summed E-state index contributed by atoms with van der Waals surface area (Å²) in [6.07, 6.45) is 4.58. The molecule has 3 rings (SSSR count). The van der Waals surface area contributed by atoms with Crippen molar-refractivity contribution in [3.63, 3.8) is 0 Å². The van der Waals surface area contributed by atoms with Crippen LogP contribution < -0.4 is 5.32 Å². The molecule has 0 spiro atoms. The smallest absolute Gasteiger partial charge is 0.339 e. The molecule has 0 saturated carbocycles. The molecule has 0 aliphatic carbocycles. The number of nitrogens with one attached hydrogen (secondary N) is 1. The molecule has 2 aromatic heterocycles. The Kier molecular flexibility index (Phi) is 3.51. The highest BCUT2D eigenvalue weighted by molar-refractivity contribution is 5.88. The Bertz CT molecular complexity index is 681. The standard InChI is InChI=1S/C13H16N6O2/c1-8-9(12(20)21)6-14-13(16-8)15-7-11-18-17-10-4-2-3-5-19(10)11/h6H,2-5,7H2,1H3,(H,20,21)(H,14,15,16). The van der Waals surface area contributed by atoms with Crippen molar-refractivity contribution in [3.05, 3.63) is 29.1 Å². The van der Waals surface area contributed by atoms with Gasteiger partial charge in [0.15, 0.2) is 5.82 Å². The van der Waals surface area contributed by atoms with Gasteiger partial charge in [0.1, 0.15) is 5.82 Å². The molecule has 0 saturated heterocycles. The third-order valence-corrected chi connectivity index (χ3v) is 3.55. The first-order valence-corrected chi connectivity index (χ1v) is 6.87. The second kappa shape index (κ2) is 5.47. The van der Waals surface area contributed by atoms with Gasteiger partial charge in [-0.15, -0.1) is 10.2 Å². The normalized spacial score (nSPS) is 13.8. The highest BCUT2D eigenvalue weighted by Crippen LogP contribution is 2.15. The first kappa shape index (κ1) is 13.5. The Morgan fingerprint density at radius 1 is 1.43 bits per heavy atom. The van der Waals surface area contributed by atoms with E-state index in [1.54, 1.807) is 6.92 Å². The monoisotopic (exact) mass is 288 g/mol. The lowest BCUT2D eigenvalue weighted by Gasteiger charge is -2.14. The van der Waals surface area contributed by atoms with Crippen LogP contribution in [0.2, 0.25) is 0 Å². The van der Waals surface area contributed by atoms with Gasteiger partial charge in [0.2, 0.25) is 5.95 Å². The van der Waals surface area contributed by atoms with Crippen LogP contribution in [0, 0.1) is 6.92 Å². The largest absolute Gasteiger partial charge is 0.478 e. The summed E-state index contributed by atoms with van der Waals surface area (Å²) in [4.78, 5) is 19.1. The van der Waals surface area contributed by atoms with Gasteiger partial charge in [-0.1, -0.05) is 0 Å². The lowest BCUT2D eigenvalue weighted by molar-refractivity contribution is 0.0695. The summed E-state index contributed by atoms with van der Waals surface area (Å²) in [5.74, 6) is 1.25. The first-order valence-electron chi connectivity index (χ1n) is 6.87. The van der Waals surface area contributed by atoms with Gasteiger partial charge in [0, 0.05) is 19.2 Å². The number of carbonyl (C=O) groups is 1. The van der Waals surface area contributed by atoms with Crippen LogP contribution in [0.3, 0.4) is 0 Å². The zero-order chi connectivity index (χ0) is 14.8. The molecule has 2 aromatic rings. The Labute approximate surface area is 121 Å². The number of rotatable bonds is 4. The number of fused-ring (bicyclic) bond motifs is 1. The molecule has 1 aliphatic heterocycles. The van der Waals surface area contributed by atoms with Gasteiger partial charge < -0.3 is 15.0 Å². The molecule has 0 amide bonds. The molecule has 21 heavy (non-hydrogen) atoms. The summed E-state index contributed by atoms with van der Waals surface area (Å²) < 4.78 is 2.12. The predicted octanol–water partition coefficient (Wildman–Crippen LogP) is 1.02. The maximum absolute atomic E-state index is 10.9. The molecule has 0 aromatic carbocycles. The van der Waals surface area contributed by atoms with Crippen molar-refractivity contribution >= 4 is 11.9 Å². The van der Waals surface area contributed by atoms with Crippen LogP contribution in [-0.2, 0) is 19.5 Å². The molecule has 0 atom stereocenters. The fourth-order valence-electron chi connectivity index (χ4n) is 2.42. The molecular formula is C13H16N6O2. The van der Waals surface area contributed by atoms with Gasteiger partial charge in [-0.25, -0.2) is 14.8 Å². The Balaban J connectivity index is 1.72. The van der Waals surface area contributed by atoms with Gasteiger partial charge >= 0.3 is 5.97 Å². The zero-order valence-electron chi connectivity index (χ0n) is 11.7. The second-order valence-corrected chi connectivity index (χ2v) is 4.99. The van der Waals surface area contributed by atoms with E-state index in [4.69, 9.17) is 5.11 Å². The highest BCUT2D eigenvalue weighted by atomic mass is 16.4. The van der Waals surface area contributed by atoms with E-state index < -0.39 is 5.97 Å². The van der Waals surface area contributed by atoms with E-state index in [1.807, 2.05) is 0 Å². The SMILES string of the molecule is Cc1nc(NCc2nnc3n2CCCC3)ncc1C(=O)O. The summed E-state index contributed by atoms with van der Waals surface area (Å²) in [6.45, 7) is 3.06. The van der Waals surface area contributed by atoms with Crippen LogP contribution in [-0.4, -0.2) is 35.8 Å².